The van der Waals surface area contributed by atoms with Crippen LogP contribution in [0.1, 0.15) is 52.9 Å². The minimum Gasteiger partial charge on any atom is -0.479 e. The van der Waals surface area contributed by atoms with Crippen molar-refractivity contribution in [3.8, 4) is 0 Å². The number of aliphatic hydroxyl groups excluding tert-OH is 4. The SMILES string of the molecule is CCCCOCCOCCOCCOCCC(=O)N(CCOCCNC(=O)O[C@@H]([C@@H]1OC(C(=O)O)=C[C@H](N=C(N)N)[C@H]1NC(C)=O)[C@H](O)CO)CCOCCOCCCC(=O)O[C@@H]([C@@H]1OC(C(=O)O)=C[C@H](N=C(N)N)[C@H]1C)[C@H](O)CO. The number of amides is 3. The first kappa shape index (κ1) is 70.9. The van der Waals surface area contributed by atoms with E-state index in [2.05, 4.69) is 27.5 Å². The average Bonchev–Trinajstić information content (AvgIpc) is 3.55. The van der Waals surface area contributed by atoms with Gasteiger partial charge in [-0.2, -0.15) is 0 Å². The van der Waals surface area contributed by atoms with E-state index in [9.17, 15) is 59.4 Å². The Morgan fingerprint density at radius 3 is 1.59 bits per heavy atom. The predicted octanol–water partition coefficient (Wildman–Crippen LogP) is -4.23. The maximum absolute atomic E-state index is 13.4. The molecule has 32 heteroatoms. The van der Waals surface area contributed by atoms with Gasteiger partial charge in [-0.1, -0.05) is 20.3 Å². The summed E-state index contributed by atoms with van der Waals surface area (Å²) >= 11 is 0. The summed E-state index contributed by atoms with van der Waals surface area (Å²) in [5.41, 5.74) is 22.1. The Hall–Kier alpha value is -6.20. The summed E-state index contributed by atoms with van der Waals surface area (Å²) < 4.78 is 61.0. The zero-order chi connectivity index (χ0) is 60.1. The fourth-order valence-corrected chi connectivity index (χ4v) is 7.72. The highest BCUT2D eigenvalue weighted by atomic mass is 16.6. The van der Waals surface area contributed by atoms with Gasteiger partial charge in [0, 0.05) is 52.1 Å². The number of guanidine groups is 2. The Morgan fingerprint density at radius 1 is 0.630 bits per heavy atom. The molecular formula is C49H85N9O23. The molecular weight excluding hydrogens is 1080 g/mol. The van der Waals surface area contributed by atoms with E-state index in [0.29, 0.717) is 33.0 Å². The van der Waals surface area contributed by atoms with Gasteiger partial charge in [0.2, 0.25) is 23.3 Å². The number of nitrogens with two attached hydrogens (primary N) is 4. The molecule has 0 aromatic rings. The number of carbonyl (C=O) groups excluding carboxylic acids is 4. The van der Waals surface area contributed by atoms with Crippen LogP contribution in [0.2, 0.25) is 0 Å². The summed E-state index contributed by atoms with van der Waals surface area (Å²) in [4.78, 5) is 84.5. The van der Waals surface area contributed by atoms with E-state index in [4.69, 9.17) is 75.0 Å². The molecule has 81 heavy (non-hydrogen) atoms. The van der Waals surface area contributed by atoms with E-state index in [-0.39, 0.29) is 110 Å². The van der Waals surface area contributed by atoms with Crippen LogP contribution in [-0.2, 0) is 76.1 Å². The summed E-state index contributed by atoms with van der Waals surface area (Å²) in [5, 5.41) is 64.9. The molecule has 2 heterocycles. The van der Waals surface area contributed by atoms with E-state index in [1.807, 2.05) is 0 Å². The molecule has 0 aromatic carbocycles. The largest absolute Gasteiger partial charge is 0.479 e. The molecule has 0 unspecified atom stereocenters. The Kier molecular flexibility index (Phi) is 35.8. The van der Waals surface area contributed by atoms with Gasteiger partial charge in [-0.05, 0) is 25.0 Å². The number of nitrogens with zero attached hydrogens (tertiary/aromatic N) is 3. The first-order valence-electron chi connectivity index (χ1n) is 26.5. The van der Waals surface area contributed by atoms with Crippen LogP contribution in [0.25, 0.3) is 0 Å². The molecule has 0 radical (unpaired) electrons. The zero-order valence-electron chi connectivity index (χ0n) is 46.2. The molecule has 10 atom stereocenters. The van der Waals surface area contributed by atoms with E-state index >= 15 is 0 Å². The molecule has 32 nitrogen and oxygen atoms in total. The molecule has 3 amide bonds. The third-order valence-electron chi connectivity index (χ3n) is 11.8. The van der Waals surface area contributed by atoms with Crippen molar-refractivity contribution in [2.45, 2.75) is 108 Å². The number of carboxylic acids is 2. The van der Waals surface area contributed by atoms with Crippen LogP contribution in [0, 0.1) is 5.92 Å². The molecule has 464 valence electrons. The number of carbonyl (C=O) groups is 6. The minimum atomic E-state index is -1.84. The van der Waals surface area contributed by atoms with Gasteiger partial charge in [0.15, 0.2) is 30.2 Å². The van der Waals surface area contributed by atoms with Gasteiger partial charge in [-0.3, -0.25) is 14.4 Å². The highest BCUT2D eigenvalue weighted by Gasteiger charge is 2.47. The van der Waals surface area contributed by atoms with Crippen LogP contribution >= 0.6 is 0 Å². The number of unbranched alkanes of at least 4 members (excludes halogenated alkanes) is 1. The van der Waals surface area contributed by atoms with Crippen LogP contribution in [0.15, 0.2) is 33.7 Å². The van der Waals surface area contributed by atoms with Crippen molar-refractivity contribution in [1.29, 1.82) is 0 Å². The Morgan fingerprint density at radius 2 is 1.09 bits per heavy atom. The number of aliphatic imine (C=N–C) groups is 2. The maximum Gasteiger partial charge on any atom is 0.407 e. The zero-order valence-corrected chi connectivity index (χ0v) is 46.2. The molecule has 0 spiro atoms. The smallest absolute Gasteiger partial charge is 0.407 e. The van der Waals surface area contributed by atoms with E-state index in [1.54, 1.807) is 6.92 Å². The second-order valence-corrected chi connectivity index (χ2v) is 18.1. The summed E-state index contributed by atoms with van der Waals surface area (Å²) in [5.74, 6) is -7.44. The summed E-state index contributed by atoms with van der Waals surface area (Å²) in [6.45, 7) is 6.37. The van der Waals surface area contributed by atoms with E-state index in [1.165, 1.54) is 11.0 Å². The number of esters is 1. The lowest BCUT2D eigenvalue weighted by molar-refractivity contribution is -0.176. The highest BCUT2D eigenvalue weighted by molar-refractivity contribution is 5.86. The lowest BCUT2D eigenvalue weighted by Crippen LogP contribution is -2.61. The van der Waals surface area contributed by atoms with Crippen molar-refractivity contribution in [2.75, 3.05) is 125 Å². The number of aliphatic carboxylic acids is 2. The Balaban J connectivity index is 1.91. The monoisotopic (exact) mass is 1170 g/mol. The number of carboxylic acid groups (broad SMARTS) is 2. The Bertz CT molecular complexity index is 2010. The average molecular weight is 1170 g/mol. The molecule has 16 N–H and O–H groups in total. The summed E-state index contributed by atoms with van der Waals surface area (Å²) in [6.07, 6.45) is -6.48. The number of hydrogen-bond acceptors (Lipinski definition) is 23. The van der Waals surface area contributed by atoms with Crippen molar-refractivity contribution >= 4 is 47.7 Å². The Labute approximate surface area is 469 Å². The van der Waals surface area contributed by atoms with Crippen molar-refractivity contribution < 1.29 is 112 Å². The maximum atomic E-state index is 13.4. The molecule has 0 aliphatic carbocycles. The lowest BCUT2D eigenvalue weighted by atomic mass is 9.87. The number of aliphatic hydroxyl groups is 4. The molecule has 2 aliphatic heterocycles. The fourth-order valence-electron chi connectivity index (χ4n) is 7.72. The van der Waals surface area contributed by atoms with Crippen LogP contribution in [-0.4, -0.2) is 263 Å². The topological polar surface area (TPSA) is 481 Å². The second kappa shape index (κ2) is 40.9. The lowest BCUT2D eigenvalue weighted by Gasteiger charge is -2.39. The van der Waals surface area contributed by atoms with Crippen molar-refractivity contribution in [3.63, 3.8) is 0 Å². The first-order chi connectivity index (χ1) is 38.7. The summed E-state index contributed by atoms with van der Waals surface area (Å²) in [6, 6.07) is -3.43. The van der Waals surface area contributed by atoms with Gasteiger partial charge in [-0.25, -0.2) is 24.4 Å². The molecule has 0 fully saturated rings. The molecule has 0 bridgehead atoms. The van der Waals surface area contributed by atoms with E-state index < -0.39 is 121 Å². The third kappa shape index (κ3) is 28.9. The fraction of sp³-hybridized carbons (Fsp3) is 0.755. The van der Waals surface area contributed by atoms with Crippen molar-refractivity contribution in [1.82, 2.24) is 15.5 Å². The molecule has 0 saturated heterocycles. The van der Waals surface area contributed by atoms with Gasteiger partial charge in [-0.15, -0.1) is 0 Å². The molecule has 0 saturated carbocycles. The van der Waals surface area contributed by atoms with Crippen molar-refractivity contribution in [3.05, 3.63) is 23.7 Å². The van der Waals surface area contributed by atoms with Crippen LogP contribution in [0.5, 0.6) is 0 Å². The third-order valence-corrected chi connectivity index (χ3v) is 11.8. The van der Waals surface area contributed by atoms with Crippen LogP contribution < -0.4 is 33.6 Å². The van der Waals surface area contributed by atoms with E-state index in [0.717, 1.165) is 25.8 Å². The normalized spacial score (nSPS) is 20.1. The molecule has 2 aliphatic rings. The van der Waals surface area contributed by atoms with Gasteiger partial charge in [0.05, 0.1) is 117 Å². The minimum absolute atomic E-state index is 0.00238. The van der Waals surface area contributed by atoms with Crippen LogP contribution in [0.4, 0.5) is 4.79 Å². The number of nitrogens with one attached hydrogen (secondary N) is 2. The number of ether oxygens (including phenoxy) is 11. The highest BCUT2D eigenvalue weighted by Crippen LogP contribution is 2.31. The standard InChI is InChI=1S/C49H85N9O23/c1-4-5-12-71-19-22-76-24-25-77-23-20-73-14-8-38(64)58(10-16-74-15-9-54-49(70)81-43(35(63)29-60)44-40(55-31(3)61)33(57-48(52)53)27-37(79-44)46(68)69)11-17-75-21-18-72-13-6-7-39(65)80-42(34(62)28-59)41-30(2)32(56-47(50)51)26-36(78-41)45(66)67/h26-27,30,32-35,40-44,59-60,62-63H,4-25,28-29H2,1-3H3,(H,54,70)(H,55,61)(H,66,67)(H,68,69)(H4,50,51,56)(H4,52,53,57)/t30-,32+,33+,34-,35-,40-,41-,42-,43-,44-/m1/s1. The first-order valence-corrected chi connectivity index (χ1v) is 26.5. The van der Waals surface area contributed by atoms with Gasteiger partial charge >= 0.3 is 24.0 Å². The van der Waals surface area contributed by atoms with Gasteiger partial charge in [0.25, 0.3) is 0 Å². The number of rotatable bonds is 44. The van der Waals surface area contributed by atoms with Crippen LogP contribution in [0.3, 0.4) is 0 Å². The number of alkyl carbamates (subject to hydrolysis) is 1. The number of hydrogen-bond donors (Lipinski definition) is 12. The predicted molar refractivity (Wildman–Crippen MR) is 283 cm³/mol. The van der Waals surface area contributed by atoms with Gasteiger partial charge in [0.1, 0.15) is 18.3 Å². The second-order valence-electron chi connectivity index (χ2n) is 18.1. The molecule has 0 aromatic heterocycles. The van der Waals surface area contributed by atoms with Gasteiger partial charge < -0.3 is 121 Å². The summed E-state index contributed by atoms with van der Waals surface area (Å²) in [7, 11) is 0. The van der Waals surface area contributed by atoms with Crippen molar-refractivity contribution in [2.24, 2.45) is 38.8 Å². The molecule has 2 rings (SSSR count). The quantitative estimate of drug-likeness (QED) is 0.0119.